The van der Waals surface area contributed by atoms with E-state index < -0.39 is 0 Å². The van der Waals surface area contributed by atoms with Crippen molar-refractivity contribution in [2.45, 2.75) is 44.6 Å². The Balaban J connectivity index is 1.57. The lowest BCUT2D eigenvalue weighted by atomic mass is 9.87. The zero-order valence-corrected chi connectivity index (χ0v) is 12.9. The first-order valence-electron chi connectivity index (χ1n) is 8.10. The maximum absolute atomic E-state index is 11.8. The minimum absolute atomic E-state index is 0.0989. The summed E-state index contributed by atoms with van der Waals surface area (Å²) in [6.45, 7) is 0.898. The molecule has 0 atom stereocenters. The van der Waals surface area contributed by atoms with Gasteiger partial charge >= 0.3 is 6.03 Å². The van der Waals surface area contributed by atoms with Crippen LogP contribution in [-0.2, 0) is 6.42 Å². The highest BCUT2D eigenvalue weighted by atomic mass is 16.3. The van der Waals surface area contributed by atoms with E-state index in [0.717, 1.165) is 44.1 Å². The minimum atomic E-state index is -0.0989. The molecule has 5 heteroatoms. The van der Waals surface area contributed by atoms with Crippen LogP contribution in [0.5, 0.6) is 5.75 Å². The number of aromatic hydroxyl groups is 1. The summed E-state index contributed by atoms with van der Waals surface area (Å²) < 4.78 is 0. The zero-order valence-electron chi connectivity index (χ0n) is 12.9. The van der Waals surface area contributed by atoms with Crippen molar-refractivity contribution < 1.29 is 15.0 Å². The molecule has 0 unspecified atom stereocenters. The number of urea groups is 1. The van der Waals surface area contributed by atoms with E-state index in [-0.39, 0.29) is 24.4 Å². The van der Waals surface area contributed by atoms with E-state index in [2.05, 4.69) is 10.6 Å². The maximum Gasteiger partial charge on any atom is 0.315 e. The Kier molecular flexibility index (Phi) is 6.52. The fraction of sp³-hybridized carbons (Fsp3) is 0.588. The van der Waals surface area contributed by atoms with E-state index in [9.17, 15) is 9.90 Å². The highest BCUT2D eigenvalue weighted by Crippen LogP contribution is 2.23. The number of aliphatic hydroxyl groups excluding tert-OH is 1. The molecule has 4 N–H and O–H groups in total. The van der Waals surface area contributed by atoms with Crippen molar-refractivity contribution in [2.75, 3.05) is 13.2 Å². The van der Waals surface area contributed by atoms with Gasteiger partial charge in [-0.05, 0) is 62.1 Å². The van der Waals surface area contributed by atoms with Crippen LogP contribution in [0, 0.1) is 5.92 Å². The number of amides is 2. The second-order valence-corrected chi connectivity index (χ2v) is 6.07. The lowest BCUT2D eigenvalue weighted by molar-refractivity contribution is 0.174. The number of benzene rings is 1. The summed E-state index contributed by atoms with van der Waals surface area (Å²) in [5, 5.41) is 24.2. The number of carbonyl (C=O) groups excluding carboxylic acids is 1. The highest BCUT2D eigenvalue weighted by Gasteiger charge is 2.21. The third-order valence-electron chi connectivity index (χ3n) is 4.30. The van der Waals surface area contributed by atoms with Crippen molar-refractivity contribution in [2.24, 2.45) is 5.92 Å². The Labute approximate surface area is 131 Å². The van der Waals surface area contributed by atoms with Crippen molar-refractivity contribution in [3.8, 4) is 5.75 Å². The van der Waals surface area contributed by atoms with E-state index in [0.29, 0.717) is 12.5 Å². The summed E-state index contributed by atoms with van der Waals surface area (Å²) in [6.07, 6.45) is 5.63. The quantitative estimate of drug-likeness (QED) is 0.608. The lowest BCUT2D eigenvalue weighted by Crippen LogP contribution is -2.44. The van der Waals surface area contributed by atoms with Gasteiger partial charge in [0.25, 0.3) is 0 Å². The maximum atomic E-state index is 11.8. The minimum Gasteiger partial charge on any atom is -0.508 e. The molecule has 1 aliphatic rings. The van der Waals surface area contributed by atoms with Crippen LogP contribution in [0.25, 0.3) is 0 Å². The van der Waals surface area contributed by atoms with Crippen LogP contribution >= 0.6 is 0 Å². The Morgan fingerprint density at radius 1 is 1.14 bits per heavy atom. The third kappa shape index (κ3) is 5.56. The Hall–Kier alpha value is -1.75. The smallest absolute Gasteiger partial charge is 0.315 e. The van der Waals surface area contributed by atoms with Crippen molar-refractivity contribution >= 4 is 6.03 Å². The fourth-order valence-electron chi connectivity index (χ4n) is 2.88. The van der Waals surface area contributed by atoms with Gasteiger partial charge in [-0.1, -0.05) is 12.1 Å². The van der Waals surface area contributed by atoms with Gasteiger partial charge in [0.15, 0.2) is 0 Å². The van der Waals surface area contributed by atoms with E-state index in [4.69, 9.17) is 5.11 Å². The summed E-state index contributed by atoms with van der Waals surface area (Å²) in [7, 11) is 0. The second kappa shape index (κ2) is 8.63. The van der Waals surface area contributed by atoms with Gasteiger partial charge in [-0.25, -0.2) is 4.79 Å². The van der Waals surface area contributed by atoms with Crippen LogP contribution in [0.3, 0.4) is 0 Å². The molecule has 22 heavy (non-hydrogen) atoms. The number of hydrogen-bond donors (Lipinski definition) is 4. The number of aliphatic hydroxyl groups is 1. The standard InChI is InChI=1S/C17H26N2O3/c20-12-14-3-7-15(8-4-14)19-17(22)18-11-1-2-13-5-9-16(21)10-6-13/h5-6,9-10,14-15,20-21H,1-4,7-8,11-12H2,(H2,18,19,22). The molecule has 1 aromatic carbocycles. The molecule has 1 fully saturated rings. The molecule has 5 nitrogen and oxygen atoms in total. The molecule has 2 rings (SSSR count). The van der Waals surface area contributed by atoms with Crippen molar-refractivity contribution in [3.05, 3.63) is 29.8 Å². The fourth-order valence-corrected chi connectivity index (χ4v) is 2.88. The molecular weight excluding hydrogens is 280 g/mol. The van der Waals surface area contributed by atoms with E-state index >= 15 is 0 Å². The van der Waals surface area contributed by atoms with Crippen LogP contribution in [0.2, 0.25) is 0 Å². The van der Waals surface area contributed by atoms with E-state index in [1.165, 1.54) is 0 Å². The molecule has 0 heterocycles. The molecule has 1 saturated carbocycles. The number of rotatable bonds is 6. The van der Waals surface area contributed by atoms with Gasteiger partial charge in [-0.3, -0.25) is 0 Å². The van der Waals surface area contributed by atoms with Crippen LogP contribution in [0.4, 0.5) is 4.79 Å². The van der Waals surface area contributed by atoms with Crippen LogP contribution in [0.1, 0.15) is 37.7 Å². The van der Waals surface area contributed by atoms with Gasteiger partial charge in [0, 0.05) is 19.2 Å². The number of phenolic OH excluding ortho intramolecular Hbond substituents is 1. The largest absolute Gasteiger partial charge is 0.508 e. The molecule has 1 aromatic rings. The zero-order chi connectivity index (χ0) is 15.8. The van der Waals surface area contributed by atoms with Gasteiger partial charge in [0.05, 0.1) is 0 Å². The lowest BCUT2D eigenvalue weighted by Gasteiger charge is -2.27. The Morgan fingerprint density at radius 3 is 2.45 bits per heavy atom. The van der Waals surface area contributed by atoms with E-state index in [1.54, 1.807) is 12.1 Å². The van der Waals surface area contributed by atoms with Crippen LogP contribution < -0.4 is 10.6 Å². The second-order valence-electron chi connectivity index (χ2n) is 6.07. The van der Waals surface area contributed by atoms with Gasteiger partial charge < -0.3 is 20.8 Å². The van der Waals surface area contributed by atoms with Crippen LogP contribution in [0.15, 0.2) is 24.3 Å². The molecule has 0 bridgehead atoms. The first-order valence-corrected chi connectivity index (χ1v) is 8.10. The third-order valence-corrected chi connectivity index (χ3v) is 4.30. The molecule has 0 saturated heterocycles. The van der Waals surface area contributed by atoms with Gasteiger partial charge in [-0.15, -0.1) is 0 Å². The molecular formula is C17H26N2O3. The summed E-state index contributed by atoms with van der Waals surface area (Å²) in [6, 6.07) is 7.29. The summed E-state index contributed by atoms with van der Waals surface area (Å²) in [4.78, 5) is 11.8. The first kappa shape index (κ1) is 16.6. The van der Waals surface area contributed by atoms with Gasteiger partial charge in [-0.2, -0.15) is 0 Å². The van der Waals surface area contributed by atoms with Crippen molar-refractivity contribution in [1.82, 2.24) is 10.6 Å². The molecule has 122 valence electrons. The average molecular weight is 306 g/mol. The highest BCUT2D eigenvalue weighted by molar-refractivity contribution is 5.74. The molecule has 0 radical (unpaired) electrons. The Bertz CT molecular complexity index is 453. The number of phenols is 1. The SMILES string of the molecule is O=C(NCCCc1ccc(O)cc1)NC1CCC(CO)CC1. The number of carbonyl (C=O) groups is 1. The predicted molar refractivity (Wildman–Crippen MR) is 85.8 cm³/mol. The van der Waals surface area contributed by atoms with Crippen molar-refractivity contribution in [1.29, 1.82) is 0 Å². The summed E-state index contributed by atoms with van der Waals surface area (Å²) in [5.41, 5.74) is 1.15. The van der Waals surface area contributed by atoms with Gasteiger partial charge in [0.1, 0.15) is 5.75 Å². The molecule has 1 aliphatic carbocycles. The molecule has 0 aliphatic heterocycles. The summed E-state index contributed by atoms with van der Waals surface area (Å²) >= 11 is 0. The topological polar surface area (TPSA) is 81.6 Å². The predicted octanol–water partition coefficient (Wildman–Crippen LogP) is 2.18. The van der Waals surface area contributed by atoms with Gasteiger partial charge in [0.2, 0.25) is 0 Å². The number of nitrogens with one attached hydrogen (secondary N) is 2. The summed E-state index contributed by atoms with van der Waals surface area (Å²) in [5.74, 6) is 0.684. The van der Waals surface area contributed by atoms with Crippen molar-refractivity contribution in [3.63, 3.8) is 0 Å². The average Bonchev–Trinajstić information content (AvgIpc) is 2.54. The number of hydrogen-bond acceptors (Lipinski definition) is 3. The normalized spacial score (nSPS) is 21.3. The molecule has 2 amide bonds. The molecule has 0 aromatic heterocycles. The molecule has 0 spiro atoms. The van der Waals surface area contributed by atoms with E-state index in [1.807, 2.05) is 12.1 Å². The monoisotopic (exact) mass is 306 g/mol. The Morgan fingerprint density at radius 2 is 1.82 bits per heavy atom. The van der Waals surface area contributed by atoms with Crippen LogP contribution in [-0.4, -0.2) is 35.4 Å². The first-order chi connectivity index (χ1) is 10.7. The number of aryl methyl sites for hydroxylation is 1.